The van der Waals surface area contributed by atoms with Crippen molar-refractivity contribution in [2.75, 3.05) is 24.2 Å². The maximum absolute atomic E-state index is 6.07. The Morgan fingerprint density at radius 1 is 1.19 bits per heavy atom. The number of pyridine rings is 2. The van der Waals surface area contributed by atoms with Gasteiger partial charge in [0.05, 0.1) is 12.8 Å². The Balaban J connectivity index is 1.19. The van der Waals surface area contributed by atoms with Crippen LogP contribution in [0.3, 0.4) is 0 Å². The van der Waals surface area contributed by atoms with Gasteiger partial charge >= 0.3 is 0 Å². The molecule has 0 saturated carbocycles. The number of nitrogen functional groups attached to an aromatic ring is 1. The summed E-state index contributed by atoms with van der Waals surface area (Å²) in [5.74, 6) is 1.76. The molecule has 4 N–H and O–H groups in total. The molecule has 2 atom stereocenters. The van der Waals surface area contributed by atoms with E-state index >= 15 is 0 Å². The molecule has 0 radical (unpaired) electrons. The van der Waals surface area contributed by atoms with Crippen molar-refractivity contribution in [2.24, 2.45) is 5.92 Å². The Bertz CT molecular complexity index is 1110. The predicted molar refractivity (Wildman–Crippen MR) is 123 cm³/mol. The monoisotopic (exact) mass is 416 g/mol. The van der Waals surface area contributed by atoms with Gasteiger partial charge in [-0.2, -0.15) is 0 Å². The average Bonchev–Trinajstić information content (AvgIpc) is 3.16. The zero-order valence-corrected chi connectivity index (χ0v) is 17.7. The lowest BCUT2D eigenvalue weighted by Gasteiger charge is -2.35. The van der Waals surface area contributed by atoms with E-state index in [2.05, 4.69) is 44.7 Å². The lowest BCUT2D eigenvalue weighted by atomic mass is 9.96. The fraction of sp³-hybridized carbons (Fsp3) is 0.333. The molecule has 0 bridgehead atoms. The van der Waals surface area contributed by atoms with Gasteiger partial charge in [-0.15, -0.1) is 0 Å². The molecular formula is C24H28N6O. The molecule has 2 aliphatic rings. The zero-order chi connectivity index (χ0) is 21.2. The molecule has 5 rings (SSSR count). The Morgan fingerprint density at radius 3 is 3.03 bits per heavy atom. The van der Waals surface area contributed by atoms with Gasteiger partial charge in [0.1, 0.15) is 5.82 Å². The molecule has 0 spiro atoms. The number of rotatable bonds is 6. The summed E-state index contributed by atoms with van der Waals surface area (Å²) in [6.07, 6.45) is 8.42. The Morgan fingerprint density at radius 2 is 2.10 bits per heavy atom. The van der Waals surface area contributed by atoms with Crippen molar-refractivity contribution < 1.29 is 4.74 Å². The highest BCUT2D eigenvalue weighted by Crippen LogP contribution is 2.28. The Labute approximate surface area is 182 Å². The summed E-state index contributed by atoms with van der Waals surface area (Å²) < 4.78 is 6.07. The summed E-state index contributed by atoms with van der Waals surface area (Å²) in [7, 11) is 0. The molecule has 2 unspecified atom stereocenters. The normalized spacial score (nSPS) is 20.2. The summed E-state index contributed by atoms with van der Waals surface area (Å²) in [4.78, 5) is 11.0. The topological polar surface area (TPSA) is 88.3 Å². The van der Waals surface area contributed by atoms with E-state index in [1.807, 2.05) is 36.5 Å². The SMILES string of the molecule is CC1=CN2CCC(COc3cc(CNc4cccc5c(N)nccc45)ccn3)CC2N1. The predicted octanol–water partition coefficient (Wildman–Crippen LogP) is 3.71. The molecule has 0 amide bonds. The van der Waals surface area contributed by atoms with E-state index in [1.165, 1.54) is 5.70 Å². The smallest absolute Gasteiger partial charge is 0.213 e. The molecule has 160 valence electrons. The molecule has 7 nitrogen and oxygen atoms in total. The second-order valence-electron chi connectivity index (χ2n) is 8.36. The van der Waals surface area contributed by atoms with E-state index in [-0.39, 0.29) is 0 Å². The van der Waals surface area contributed by atoms with Gasteiger partial charge < -0.3 is 26.0 Å². The molecule has 7 heteroatoms. The highest BCUT2D eigenvalue weighted by atomic mass is 16.5. The summed E-state index contributed by atoms with van der Waals surface area (Å²) in [5.41, 5.74) is 9.41. The minimum absolute atomic E-state index is 0.413. The van der Waals surface area contributed by atoms with Crippen LogP contribution in [0.5, 0.6) is 5.88 Å². The van der Waals surface area contributed by atoms with Gasteiger partial charge in [0.2, 0.25) is 5.88 Å². The maximum Gasteiger partial charge on any atom is 0.213 e. The van der Waals surface area contributed by atoms with Crippen LogP contribution in [0, 0.1) is 5.92 Å². The van der Waals surface area contributed by atoms with Gasteiger partial charge in [-0.05, 0) is 49.4 Å². The number of hydrogen-bond acceptors (Lipinski definition) is 7. The molecule has 4 heterocycles. The van der Waals surface area contributed by atoms with Crippen molar-refractivity contribution in [3.05, 3.63) is 66.3 Å². The van der Waals surface area contributed by atoms with Gasteiger partial charge in [0.15, 0.2) is 0 Å². The molecule has 2 aromatic heterocycles. The molecule has 1 aromatic carbocycles. The number of nitrogens with zero attached hydrogens (tertiary/aromatic N) is 3. The number of ether oxygens (including phenoxy) is 1. The van der Waals surface area contributed by atoms with E-state index in [0.717, 1.165) is 41.4 Å². The van der Waals surface area contributed by atoms with E-state index < -0.39 is 0 Å². The highest BCUT2D eigenvalue weighted by Gasteiger charge is 2.30. The lowest BCUT2D eigenvalue weighted by Crippen LogP contribution is -2.43. The third kappa shape index (κ3) is 4.21. The van der Waals surface area contributed by atoms with Crippen molar-refractivity contribution >= 4 is 22.3 Å². The third-order valence-electron chi connectivity index (χ3n) is 6.09. The van der Waals surface area contributed by atoms with Crippen LogP contribution in [0.1, 0.15) is 25.3 Å². The number of anilines is 2. The molecule has 3 aromatic rings. The van der Waals surface area contributed by atoms with Crippen LogP contribution < -0.4 is 21.1 Å². The first kappa shape index (κ1) is 19.5. The molecule has 2 aliphatic heterocycles. The van der Waals surface area contributed by atoms with E-state index in [4.69, 9.17) is 10.5 Å². The van der Waals surface area contributed by atoms with Crippen LogP contribution in [-0.2, 0) is 6.54 Å². The van der Waals surface area contributed by atoms with Crippen LogP contribution in [0.25, 0.3) is 10.8 Å². The summed E-state index contributed by atoms with van der Waals surface area (Å²) in [6, 6.07) is 12.0. The zero-order valence-electron chi connectivity index (χ0n) is 17.7. The summed E-state index contributed by atoms with van der Waals surface area (Å²) >= 11 is 0. The molecule has 31 heavy (non-hydrogen) atoms. The van der Waals surface area contributed by atoms with Crippen LogP contribution in [0.15, 0.2) is 60.7 Å². The first-order valence-corrected chi connectivity index (χ1v) is 10.8. The van der Waals surface area contributed by atoms with Crippen molar-refractivity contribution in [1.82, 2.24) is 20.2 Å². The van der Waals surface area contributed by atoms with Crippen molar-refractivity contribution in [1.29, 1.82) is 0 Å². The number of aromatic nitrogens is 2. The number of nitrogens with two attached hydrogens (primary N) is 1. The molecule has 1 fully saturated rings. The largest absolute Gasteiger partial charge is 0.477 e. The lowest BCUT2D eigenvalue weighted by molar-refractivity contribution is 0.122. The van der Waals surface area contributed by atoms with Crippen LogP contribution in [-0.4, -0.2) is 34.2 Å². The fourth-order valence-corrected chi connectivity index (χ4v) is 4.48. The minimum atomic E-state index is 0.413. The number of fused-ring (bicyclic) bond motifs is 2. The van der Waals surface area contributed by atoms with Crippen LogP contribution >= 0.6 is 0 Å². The van der Waals surface area contributed by atoms with E-state index in [9.17, 15) is 0 Å². The van der Waals surface area contributed by atoms with Crippen molar-refractivity contribution in [3.8, 4) is 5.88 Å². The molecule has 1 saturated heterocycles. The molecule has 0 aliphatic carbocycles. The second kappa shape index (κ2) is 8.34. The average molecular weight is 417 g/mol. The number of hydrogen-bond donors (Lipinski definition) is 3. The fourth-order valence-electron chi connectivity index (χ4n) is 4.48. The standard InChI is InChI=1S/C24H28N6O/c1-16-14-30-10-7-18(11-22(30)29-16)15-31-23-12-17(5-8-26-23)13-28-21-4-2-3-20-19(21)6-9-27-24(20)25/h2-6,8-9,12,14,18,22,28-29H,7,10-11,13,15H2,1H3,(H2,25,27). The maximum atomic E-state index is 6.07. The number of piperidine rings is 1. The quantitative estimate of drug-likeness (QED) is 0.565. The van der Waals surface area contributed by atoms with E-state index in [0.29, 0.717) is 36.9 Å². The van der Waals surface area contributed by atoms with Crippen molar-refractivity contribution in [3.63, 3.8) is 0 Å². The Kier molecular flexibility index (Phi) is 5.24. The first-order valence-electron chi connectivity index (χ1n) is 10.8. The van der Waals surface area contributed by atoms with Gasteiger partial charge in [0, 0.05) is 59.9 Å². The van der Waals surface area contributed by atoms with Crippen molar-refractivity contribution in [2.45, 2.75) is 32.5 Å². The number of benzene rings is 1. The van der Waals surface area contributed by atoms with E-state index in [1.54, 1.807) is 6.20 Å². The van der Waals surface area contributed by atoms with Gasteiger partial charge in [-0.1, -0.05) is 12.1 Å². The van der Waals surface area contributed by atoms with Crippen LogP contribution in [0.2, 0.25) is 0 Å². The minimum Gasteiger partial charge on any atom is -0.477 e. The molecular weight excluding hydrogens is 388 g/mol. The van der Waals surface area contributed by atoms with Gasteiger partial charge in [-0.25, -0.2) is 9.97 Å². The third-order valence-corrected chi connectivity index (χ3v) is 6.09. The number of nitrogens with one attached hydrogen (secondary N) is 2. The second-order valence-corrected chi connectivity index (χ2v) is 8.36. The van der Waals surface area contributed by atoms with Gasteiger partial charge in [-0.3, -0.25) is 0 Å². The highest BCUT2D eigenvalue weighted by molar-refractivity contribution is 5.99. The first-order chi connectivity index (χ1) is 15.2. The van der Waals surface area contributed by atoms with Gasteiger partial charge in [0.25, 0.3) is 0 Å². The van der Waals surface area contributed by atoms with Crippen LogP contribution in [0.4, 0.5) is 11.5 Å². The summed E-state index contributed by atoms with van der Waals surface area (Å²) in [6.45, 7) is 4.57. The number of allylic oxidation sites excluding steroid dienone is 1. The Hall–Kier alpha value is -3.48. The summed E-state index contributed by atoms with van der Waals surface area (Å²) in [5, 5.41) is 9.07.